The molecule has 0 saturated carbocycles. The van der Waals surface area contributed by atoms with Crippen LogP contribution in [0, 0.1) is 5.92 Å². The molecule has 1 rings (SSSR count). The average molecular weight is 181 g/mol. The number of rotatable bonds is 3. The maximum absolute atomic E-state index is 10.5. The number of carbonyl (C=O) groups excluding carboxylic acids is 1. The summed E-state index contributed by atoms with van der Waals surface area (Å²) in [5.74, 6) is -0.700. The molecule has 72 valence electrons. The molecule has 0 radical (unpaired) electrons. The van der Waals surface area contributed by atoms with E-state index < -0.39 is 5.97 Å². The second-order valence-electron chi connectivity index (χ2n) is 3.53. The molecule has 0 fully saturated rings. The standard InChI is InChI=1S/C9H14N2O2/c1-6(2)4-7-5-8(9(12)13)11(3)10-7/h5-6H,4H2,1-3H3,(H,12,13)/p-1. The van der Waals surface area contributed by atoms with Crippen LogP contribution in [0.3, 0.4) is 0 Å². The van der Waals surface area contributed by atoms with Crippen molar-refractivity contribution in [1.29, 1.82) is 0 Å². The van der Waals surface area contributed by atoms with Crippen LogP contribution in [-0.2, 0) is 13.5 Å². The number of carbonyl (C=O) groups is 1. The van der Waals surface area contributed by atoms with Gasteiger partial charge in [-0.05, 0) is 18.4 Å². The van der Waals surface area contributed by atoms with Gasteiger partial charge in [0.15, 0.2) is 0 Å². The molecule has 13 heavy (non-hydrogen) atoms. The Morgan fingerprint density at radius 2 is 2.31 bits per heavy atom. The third-order valence-corrected chi connectivity index (χ3v) is 1.76. The first-order valence-electron chi connectivity index (χ1n) is 4.25. The van der Waals surface area contributed by atoms with Crippen molar-refractivity contribution < 1.29 is 9.90 Å². The molecular weight excluding hydrogens is 168 g/mol. The fourth-order valence-corrected chi connectivity index (χ4v) is 1.24. The molecule has 0 saturated heterocycles. The van der Waals surface area contributed by atoms with Gasteiger partial charge in [-0.1, -0.05) is 13.8 Å². The molecule has 1 heterocycles. The van der Waals surface area contributed by atoms with E-state index in [0.717, 1.165) is 12.1 Å². The van der Waals surface area contributed by atoms with E-state index in [1.807, 2.05) is 0 Å². The maximum Gasteiger partial charge on any atom is 0.0896 e. The molecule has 0 aliphatic rings. The zero-order valence-electron chi connectivity index (χ0n) is 8.07. The van der Waals surface area contributed by atoms with E-state index in [-0.39, 0.29) is 5.69 Å². The molecule has 0 atom stereocenters. The van der Waals surface area contributed by atoms with Crippen molar-refractivity contribution in [3.63, 3.8) is 0 Å². The number of nitrogens with zero attached hydrogens (tertiary/aromatic N) is 2. The normalized spacial score (nSPS) is 10.8. The Morgan fingerprint density at radius 3 is 2.69 bits per heavy atom. The Kier molecular flexibility index (Phi) is 2.70. The first kappa shape index (κ1) is 9.77. The monoisotopic (exact) mass is 181 g/mol. The van der Waals surface area contributed by atoms with Crippen molar-refractivity contribution in [2.24, 2.45) is 13.0 Å². The minimum atomic E-state index is -1.18. The van der Waals surface area contributed by atoms with E-state index in [1.165, 1.54) is 4.68 Å². The average Bonchev–Trinajstić information content (AvgIpc) is 2.29. The lowest BCUT2D eigenvalue weighted by Gasteiger charge is -1.99. The fraction of sp³-hybridized carbons (Fsp3) is 0.556. The number of carboxylic acids is 1. The van der Waals surface area contributed by atoms with Crippen LogP contribution >= 0.6 is 0 Å². The van der Waals surface area contributed by atoms with Gasteiger partial charge in [0.05, 0.1) is 17.4 Å². The van der Waals surface area contributed by atoms with Crippen LogP contribution in [0.25, 0.3) is 0 Å². The van der Waals surface area contributed by atoms with Crippen molar-refractivity contribution in [2.75, 3.05) is 0 Å². The quantitative estimate of drug-likeness (QED) is 0.658. The Bertz CT molecular complexity index is 315. The van der Waals surface area contributed by atoms with E-state index in [4.69, 9.17) is 0 Å². The number of aromatic carboxylic acids is 1. The Morgan fingerprint density at radius 1 is 1.69 bits per heavy atom. The maximum atomic E-state index is 10.5. The Hall–Kier alpha value is -1.32. The first-order chi connectivity index (χ1) is 6.00. The molecule has 0 aliphatic carbocycles. The third kappa shape index (κ3) is 2.31. The predicted octanol–water partition coefficient (Wildman–Crippen LogP) is -0.0179. The summed E-state index contributed by atoms with van der Waals surface area (Å²) in [7, 11) is 1.61. The molecule has 1 aromatic rings. The van der Waals surface area contributed by atoms with E-state index in [9.17, 15) is 9.90 Å². The summed E-state index contributed by atoms with van der Waals surface area (Å²) in [5, 5.41) is 14.6. The number of carboxylic acid groups (broad SMARTS) is 1. The summed E-state index contributed by atoms with van der Waals surface area (Å²) < 4.78 is 1.34. The summed E-state index contributed by atoms with van der Waals surface area (Å²) in [6, 6.07) is 1.56. The van der Waals surface area contributed by atoms with Gasteiger partial charge in [0.2, 0.25) is 0 Å². The van der Waals surface area contributed by atoms with Crippen LogP contribution in [0.4, 0.5) is 0 Å². The smallest absolute Gasteiger partial charge is 0.0896 e. The van der Waals surface area contributed by atoms with E-state index >= 15 is 0 Å². The molecule has 0 N–H and O–H groups in total. The minimum absolute atomic E-state index is 0.135. The van der Waals surface area contributed by atoms with Gasteiger partial charge in [0.25, 0.3) is 0 Å². The molecule has 1 aromatic heterocycles. The van der Waals surface area contributed by atoms with Gasteiger partial charge in [-0.25, -0.2) is 0 Å². The van der Waals surface area contributed by atoms with Crippen LogP contribution < -0.4 is 5.11 Å². The molecule has 0 spiro atoms. The van der Waals surface area contributed by atoms with E-state index in [1.54, 1.807) is 13.1 Å². The third-order valence-electron chi connectivity index (χ3n) is 1.76. The van der Waals surface area contributed by atoms with Crippen molar-refractivity contribution in [2.45, 2.75) is 20.3 Å². The van der Waals surface area contributed by atoms with Gasteiger partial charge >= 0.3 is 0 Å². The van der Waals surface area contributed by atoms with Gasteiger partial charge in [-0.2, -0.15) is 5.10 Å². The molecule has 4 nitrogen and oxygen atoms in total. The highest BCUT2D eigenvalue weighted by atomic mass is 16.4. The second-order valence-corrected chi connectivity index (χ2v) is 3.53. The van der Waals surface area contributed by atoms with Crippen LogP contribution in [0.5, 0.6) is 0 Å². The number of aryl methyl sites for hydroxylation is 1. The summed E-state index contributed by atoms with van der Waals surface area (Å²) in [6.07, 6.45) is 0.793. The van der Waals surface area contributed by atoms with Gasteiger partial charge in [0, 0.05) is 7.05 Å². The summed E-state index contributed by atoms with van der Waals surface area (Å²) in [5.41, 5.74) is 0.937. The molecule has 0 amide bonds. The van der Waals surface area contributed by atoms with E-state index in [2.05, 4.69) is 18.9 Å². The molecule has 0 unspecified atom stereocenters. The predicted molar refractivity (Wildman–Crippen MR) is 46.1 cm³/mol. The summed E-state index contributed by atoms with van der Waals surface area (Å²) in [6.45, 7) is 4.13. The highest BCUT2D eigenvalue weighted by Gasteiger charge is 2.06. The zero-order chi connectivity index (χ0) is 10.0. The Labute approximate surface area is 77.2 Å². The summed E-state index contributed by atoms with van der Waals surface area (Å²) >= 11 is 0. The van der Waals surface area contributed by atoms with E-state index in [0.29, 0.717) is 5.92 Å². The molecule has 0 aliphatic heterocycles. The van der Waals surface area contributed by atoms with Crippen LogP contribution in [0.2, 0.25) is 0 Å². The topological polar surface area (TPSA) is 57.9 Å². The Balaban J connectivity index is 2.89. The first-order valence-corrected chi connectivity index (χ1v) is 4.25. The van der Waals surface area contributed by atoms with Crippen molar-refractivity contribution in [3.8, 4) is 0 Å². The van der Waals surface area contributed by atoms with Gasteiger partial charge in [0.1, 0.15) is 0 Å². The van der Waals surface area contributed by atoms with Gasteiger partial charge in [-0.3, -0.25) is 4.68 Å². The highest BCUT2D eigenvalue weighted by Crippen LogP contribution is 2.07. The second kappa shape index (κ2) is 3.60. The number of hydrogen-bond donors (Lipinski definition) is 0. The SMILES string of the molecule is CC(C)Cc1cc(C(=O)[O-])n(C)n1. The highest BCUT2D eigenvalue weighted by molar-refractivity contribution is 5.83. The van der Waals surface area contributed by atoms with Gasteiger partial charge < -0.3 is 9.90 Å². The van der Waals surface area contributed by atoms with Crippen LogP contribution in [0.1, 0.15) is 30.0 Å². The van der Waals surface area contributed by atoms with Gasteiger partial charge in [-0.15, -0.1) is 0 Å². The van der Waals surface area contributed by atoms with Crippen LogP contribution in [0.15, 0.2) is 6.07 Å². The minimum Gasteiger partial charge on any atom is -0.543 e. The lowest BCUT2D eigenvalue weighted by molar-refractivity contribution is -0.255. The molecule has 4 heteroatoms. The van der Waals surface area contributed by atoms with Crippen LogP contribution in [-0.4, -0.2) is 15.7 Å². The molecule has 0 bridgehead atoms. The molecule has 0 aromatic carbocycles. The zero-order valence-corrected chi connectivity index (χ0v) is 8.07. The van der Waals surface area contributed by atoms with Crippen molar-refractivity contribution in [1.82, 2.24) is 9.78 Å². The largest absolute Gasteiger partial charge is 0.543 e. The number of hydrogen-bond acceptors (Lipinski definition) is 3. The molecular formula is C9H13N2O2-. The number of aromatic nitrogens is 2. The van der Waals surface area contributed by atoms with Crippen molar-refractivity contribution in [3.05, 3.63) is 17.5 Å². The lowest BCUT2D eigenvalue weighted by Crippen LogP contribution is -2.24. The summed E-state index contributed by atoms with van der Waals surface area (Å²) in [4.78, 5) is 10.5. The van der Waals surface area contributed by atoms with Crippen molar-refractivity contribution >= 4 is 5.97 Å². The lowest BCUT2D eigenvalue weighted by atomic mass is 10.1. The fourth-order valence-electron chi connectivity index (χ4n) is 1.24.